The Morgan fingerprint density at radius 1 is 1.61 bits per heavy atom. The molecule has 0 fully saturated rings. The first-order valence-corrected chi connectivity index (χ1v) is 6.84. The number of carbonyl (C=O) groups is 1. The number of ether oxygens (including phenoxy) is 1. The lowest BCUT2D eigenvalue weighted by atomic mass is 10.2. The molecule has 0 spiro atoms. The molecule has 0 aliphatic rings. The van der Waals surface area contributed by atoms with Gasteiger partial charge in [-0.25, -0.2) is 4.98 Å². The summed E-state index contributed by atoms with van der Waals surface area (Å²) in [4.78, 5) is 17.2. The van der Waals surface area contributed by atoms with Crippen LogP contribution in [0.25, 0.3) is 0 Å². The van der Waals surface area contributed by atoms with Crippen molar-refractivity contribution in [2.45, 2.75) is 32.7 Å². The zero-order valence-corrected chi connectivity index (χ0v) is 11.9. The SMILES string of the molecule is COCCN(c1nc(CCC(=O)O)cs1)C(C)C. The van der Waals surface area contributed by atoms with E-state index in [1.807, 2.05) is 5.38 Å². The number of methoxy groups -OCH3 is 1. The fourth-order valence-corrected chi connectivity index (χ4v) is 2.56. The van der Waals surface area contributed by atoms with Crippen LogP contribution in [0.1, 0.15) is 26.0 Å². The molecule has 0 amide bonds. The zero-order valence-electron chi connectivity index (χ0n) is 11.0. The molecule has 1 heterocycles. The van der Waals surface area contributed by atoms with Gasteiger partial charge in [-0.2, -0.15) is 0 Å². The van der Waals surface area contributed by atoms with E-state index in [1.54, 1.807) is 18.4 Å². The third kappa shape index (κ3) is 4.62. The van der Waals surface area contributed by atoms with Gasteiger partial charge in [0.05, 0.1) is 18.7 Å². The number of anilines is 1. The summed E-state index contributed by atoms with van der Waals surface area (Å²) in [5, 5.41) is 11.5. The number of hydrogen-bond acceptors (Lipinski definition) is 5. The first-order chi connectivity index (χ1) is 8.54. The topological polar surface area (TPSA) is 62.7 Å². The molecule has 6 heteroatoms. The maximum atomic E-state index is 10.5. The Balaban J connectivity index is 2.65. The average molecular weight is 272 g/mol. The van der Waals surface area contributed by atoms with Crippen LogP contribution in [0.15, 0.2) is 5.38 Å². The van der Waals surface area contributed by atoms with E-state index in [-0.39, 0.29) is 6.42 Å². The van der Waals surface area contributed by atoms with Crippen molar-refractivity contribution >= 4 is 22.4 Å². The zero-order chi connectivity index (χ0) is 13.5. The standard InChI is InChI=1S/C12H20N2O3S/c1-9(2)14(6-7-17-3)12-13-10(8-18-12)4-5-11(15)16/h8-9H,4-7H2,1-3H3,(H,15,16). The monoisotopic (exact) mass is 272 g/mol. The second-order valence-corrected chi connectivity index (χ2v) is 5.13. The number of hydrogen-bond donors (Lipinski definition) is 1. The van der Waals surface area contributed by atoms with Gasteiger partial charge in [0, 0.05) is 31.5 Å². The minimum Gasteiger partial charge on any atom is -0.481 e. The molecule has 0 atom stereocenters. The van der Waals surface area contributed by atoms with Gasteiger partial charge in [-0.3, -0.25) is 4.79 Å². The van der Waals surface area contributed by atoms with Crippen LogP contribution in [0.4, 0.5) is 5.13 Å². The lowest BCUT2D eigenvalue weighted by Gasteiger charge is -2.25. The summed E-state index contributed by atoms with van der Waals surface area (Å²) in [5.41, 5.74) is 0.848. The van der Waals surface area contributed by atoms with E-state index in [2.05, 4.69) is 23.7 Å². The van der Waals surface area contributed by atoms with Gasteiger partial charge in [-0.05, 0) is 13.8 Å². The van der Waals surface area contributed by atoms with Crippen molar-refractivity contribution in [3.63, 3.8) is 0 Å². The van der Waals surface area contributed by atoms with Gasteiger partial charge in [0.15, 0.2) is 5.13 Å². The molecule has 0 saturated carbocycles. The Labute approximate surface area is 111 Å². The fraction of sp³-hybridized carbons (Fsp3) is 0.667. The third-order valence-electron chi connectivity index (χ3n) is 2.54. The van der Waals surface area contributed by atoms with Gasteiger partial charge in [-0.1, -0.05) is 0 Å². The summed E-state index contributed by atoms with van der Waals surface area (Å²) >= 11 is 1.55. The number of rotatable bonds is 8. The molecule has 1 aromatic rings. The second-order valence-electron chi connectivity index (χ2n) is 4.30. The van der Waals surface area contributed by atoms with Gasteiger partial charge < -0.3 is 14.7 Å². The van der Waals surface area contributed by atoms with E-state index >= 15 is 0 Å². The largest absolute Gasteiger partial charge is 0.481 e. The van der Waals surface area contributed by atoms with Crippen LogP contribution in [0.3, 0.4) is 0 Å². The highest BCUT2D eigenvalue weighted by Gasteiger charge is 2.14. The molecule has 0 saturated heterocycles. The number of carboxylic acids is 1. The summed E-state index contributed by atoms with van der Waals surface area (Å²) in [6, 6.07) is 0.346. The Bertz CT molecular complexity index is 379. The van der Waals surface area contributed by atoms with E-state index in [4.69, 9.17) is 9.84 Å². The van der Waals surface area contributed by atoms with E-state index in [1.165, 1.54) is 0 Å². The predicted octanol–water partition coefficient (Wildman–Crippen LogP) is 2.02. The fourth-order valence-electron chi connectivity index (χ4n) is 1.54. The summed E-state index contributed by atoms with van der Waals surface area (Å²) in [5.74, 6) is -0.787. The summed E-state index contributed by atoms with van der Waals surface area (Å²) in [6.45, 7) is 5.66. The molecule has 0 aromatic carbocycles. The molecule has 5 nitrogen and oxygen atoms in total. The van der Waals surface area contributed by atoms with E-state index in [9.17, 15) is 4.79 Å². The maximum Gasteiger partial charge on any atom is 0.303 e. The summed E-state index contributed by atoms with van der Waals surface area (Å²) < 4.78 is 5.09. The lowest BCUT2D eigenvalue weighted by Crippen LogP contribution is -2.33. The number of carboxylic acid groups (broad SMARTS) is 1. The molecule has 1 N–H and O–H groups in total. The van der Waals surface area contributed by atoms with Gasteiger partial charge in [0.25, 0.3) is 0 Å². The minimum absolute atomic E-state index is 0.128. The van der Waals surface area contributed by atoms with Crippen molar-refractivity contribution in [2.24, 2.45) is 0 Å². The van der Waals surface area contributed by atoms with Crippen molar-refractivity contribution < 1.29 is 14.6 Å². The number of aryl methyl sites for hydroxylation is 1. The van der Waals surface area contributed by atoms with Crippen LogP contribution in [0.5, 0.6) is 0 Å². The minimum atomic E-state index is -0.787. The third-order valence-corrected chi connectivity index (χ3v) is 3.47. The van der Waals surface area contributed by atoms with E-state index < -0.39 is 5.97 Å². The van der Waals surface area contributed by atoms with Crippen LogP contribution in [0.2, 0.25) is 0 Å². The van der Waals surface area contributed by atoms with Crippen LogP contribution in [0, 0.1) is 0 Å². The highest BCUT2D eigenvalue weighted by molar-refractivity contribution is 7.13. The average Bonchev–Trinajstić information content (AvgIpc) is 2.75. The molecular formula is C12H20N2O3S. The van der Waals surface area contributed by atoms with Crippen molar-refractivity contribution in [3.05, 3.63) is 11.1 Å². The Morgan fingerprint density at radius 2 is 2.33 bits per heavy atom. The van der Waals surface area contributed by atoms with E-state index in [0.29, 0.717) is 19.1 Å². The van der Waals surface area contributed by atoms with Gasteiger partial charge in [0.1, 0.15) is 0 Å². The van der Waals surface area contributed by atoms with Crippen LogP contribution < -0.4 is 4.90 Å². The first kappa shape index (κ1) is 14.9. The summed E-state index contributed by atoms with van der Waals surface area (Å²) in [7, 11) is 1.68. The molecule has 0 radical (unpaired) electrons. The molecule has 0 bridgehead atoms. The Morgan fingerprint density at radius 3 is 2.89 bits per heavy atom. The molecule has 0 aliphatic carbocycles. The van der Waals surface area contributed by atoms with Crippen LogP contribution in [-0.2, 0) is 16.0 Å². The highest BCUT2D eigenvalue weighted by atomic mass is 32.1. The van der Waals surface area contributed by atoms with Gasteiger partial charge in [0.2, 0.25) is 0 Å². The van der Waals surface area contributed by atoms with Crippen molar-refractivity contribution in [2.75, 3.05) is 25.2 Å². The van der Waals surface area contributed by atoms with Crippen molar-refractivity contribution in [3.8, 4) is 0 Å². The number of aromatic nitrogens is 1. The summed E-state index contributed by atoms with van der Waals surface area (Å²) in [6.07, 6.45) is 0.616. The number of aliphatic carboxylic acids is 1. The molecule has 1 aromatic heterocycles. The molecular weight excluding hydrogens is 252 g/mol. The first-order valence-electron chi connectivity index (χ1n) is 5.96. The highest BCUT2D eigenvalue weighted by Crippen LogP contribution is 2.23. The normalized spacial score (nSPS) is 10.9. The molecule has 102 valence electrons. The smallest absolute Gasteiger partial charge is 0.303 e. The molecule has 0 aliphatic heterocycles. The van der Waals surface area contributed by atoms with Gasteiger partial charge in [-0.15, -0.1) is 11.3 Å². The molecule has 0 unspecified atom stereocenters. The number of thiazole rings is 1. The van der Waals surface area contributed by atoms with Crippen LogP contribution >= 0.6 is 11.3 Å². The van der Waals surface area contributed by atoms with Crippen molar-refractivity contribution in [1.29, 1.82) is 0 Å². The maximum absolute atomic E-state index is 10.5. The van der Waals surface area contributed by atoms with Gasteiger partial charge >= 0.3 is 5.97 Å². The van der Waals surface area contributed by atoms with E-state index in [0.717, 1.165) is 17.4 Å². The quantitative estimate of drug-likeness (QED) is 0.784. The number of nitrogens with zero attached hydrogens (tertiary/aromatic N) is 2. The predicted molar refractivity (Wildman–Crippen MR) is 72.4 cm³/mol. The van der Waals surface area contributed by atoms with Crippen LogP contribution in [-0.4, -0.2) is 42.4 Å². The molecule has 1 rings (SSSR count). The lowest BCUT2D eigenvalue weighted by molar-refractivity contribution is -0.136. The second kappa shape index (κ2) is 7.33. The van der Waals surface area contributed by atoms with Crippen molar-refractivity contribution in [1.82, 2.24) is 4.98 Å². The Kier molecular flexibility index (Phi) is 6.07. The Hall–Kier alpha value is -1.14. The molecule has 18 heavy (non-hydrogen) atoms.